The van der Waals surface area contributed by atoms with Crippen LogP contribution >= 0.6 is 0 Å². The summed E-state index contributed by atoms with van der Waals surface area (Å²) in [6.45, 7) is 4.43. The van der Waals surface area contributed by atoms with Gasteiger partial charge in [-0.05, 0) is 55.3 Å². The number of aromatic nitrogens is 1. The monoisotopic (exact) mass is 293 g/mol. The van der Waals surface area contributed by atoms with E-state index in [1.807, 2.05) is 60.2 Å². The first-order valence-corrected chi connectivity index (χ1v) is 7.32. The number of hydrogen-bond acceptors (Lipinski definition) is 2. The van der Waals surface area contributed by atoms with Gasteiger partial charge in [0.1, 0.15) is 5.75 Å². The highest BCUT2D eigenvalue weighted by Crippen LogP contribution is 2.22. The summed E-state index contributed by atoms with van der Waals surface area (Å²) in [5.74, 6) is 0.946. The molecule has 0 N–H and O–H groups in total. The van der Waals surface area contributed by atoms with Crippen molar-refractivity contribution in [3.8, 4) is 5.75 Å². The van der Waals surface area contributed by atoms with E-state index in [4.69, 9.17) is 4.74 Å². The van der Waals surface area contributed by atoms with Crippen LogP contribution in [0.2, 0.25) is 0 Å². The summed E-state index contributed by atoms with van der Waals surface area (Å²) in [6.07, 6.45) is 1.95. The number of rotatable bonds is 4. The molecule has 0 unspecified atom stereocenters. The van der Waals surface area contributed by atoms with Gasteiger partial charge in [-0.25, -0.2) is 0 Å². The zero-order valence-corrected chi connectivity index (χ0v) is 13.1. The average Bonchev–Trinajstić information content (AvgIpc) is 2.92. The third-order valence-electron chi connectivity index (χ3n) is 4.12. The minimum absolute atomic E-state index is 0.122. The van der Waals surface area contributed by atoms with Crippen molar-refractivity contribution < 1.29 is 9.53 Å². The van der Waals surface area contributed by atoms with E-state index in [1.165, 1.54) is 5.56 Å². The zero-order valence-electron chi connectivity index (χ0n) is 13.1. The topological polar surface area (TPSA) is 31.2 Å². The van der Waals surface area contributed by atoms with Gasteiger partial charge in [-0.3, -0.25) is 4.79 Å². The lowest BCUT2D eigenvalue weighted by Gasteiger charge is -2.07. The summed E-state index contributed by atoms with van der Waals surface area (Å²) in [5.41, 5.74) is 4.15. The number of fused-ring (bicyclic) bond motifs is 1. The Morgan fingerprint density at radius 2 is 1.86 bits per heavy atom. The number of ketones is 1. The number of methoxy groups -OCH3 is 1. The Bertz CT molecular complexity index is 846. The Kier molecular flexibility index (Phi) is 3.72. The molecule has 3 nitrogen and oxygen atoms in total. The van der Waals surface area contributed by atoms with E-state index >= 15 is 0 Å². The molecule has 0 atom stereocenters. The Morgan fingerprint density at radius 3 is 2.59 bits per heavy atom. The molecule has 0 aliphatic carbocycles. The molecule has 0 fully saturated rings. The average molecular weight is 293 g/mol. The number of ether oxygens (including phenoxy) is 1. The van der Waals surface area contributed by atoms with Crippen LogP contribution in [0.5, 0.6) is 5.75 Å². The minimum Gasteiger partial charge on any atom is -0.497 e. The van der Waals surface area contributed by atoms with Crippen molar-refractivity contribution in [2.45, 2.75) is 20.4 Å². The van der Waals surface area contributed by atoms with E-state index in [0.29, 0.717) is 6.54 Å². The third kappa shape index (κ3) is 2.62. The first-order chi connectivity index (χ1) is 10.6. The maximum absolute atomic E-state index is 12.5. The molecule has 0 spiro atoms. The van der Waals surface area contributed by atoms with Crippen LogP contribution in [-0.4, -0.2) is 17.5 Å². The van der Waals surface area contributed by atoms with E-state index in [-0.39, 0.29) is 5.78 Å². The number of hydrogen-bond donors (Lipinski definition) is 0. The molecule has 112 valence electrons. The number of aryl methyl sites for hydroxylation is 2. The Labute approximate surface area is 130 Å². The molecule has 0 amide bonds. The lowest BCUT2D eigenvalue weighted by atomic mass is 10.0. The molecule has 22 heavy (non-hydrogen) atoms. The predicted molar refractivity (Wildman–Crippen MR) is 88.7 cm³/mol. The van der Waals surface area contributed by atoms with Crippen LogP contribution in [-0.2, 0) is 6.54 Å². The minimum atomic E-state index is 0.122. The Morgan fingerprint density at radius 1 is 1.05 bits per heavy atom. The standard InChI is InChI=1S/C19H19NO2/c1-13-4-5-16(10-14(13)2)19(21)12-20-9-8-15-11-17(22-3)6-7-18(15)20/h4-11H,12H2,1-3H3. The molecule has 0 saturated carbocycles. The summed E-state index contributed by atoms with van der Waals surface area (Å²) < 4.78 is 7.21. The van der Waals surface area contributed by atoms with Crippen molar-refractivity contribution in [1.29, 1.82) is 0 Å². The summed E-state index contributed by atoms with van der Waals surface area (Å²) in [4.78, 5) is 12.5. The van der Waals surface area contributed by atoms with Crippen molar-refractivity contribution >= 4 is 16.7 Å². The molecule has 1 aromatic heterocycles. The van der Waals surface area contributed by atoms with E-state index in [9.17, 15) is 4.79 Å². The van der Waals surface area contributed by atoms with Gasteiger partial charge in [0.25, 0.3) is 0 Å². The number of benzene rings is 2. The van der Waals surface area contributed by atoms with Crippen LogP contribution in [0, 0.1) is 13.8 Å². The lowest BCUT2D eigenvalue weighted by molar-refractivity contribution is 0.0973. The maximum Gasteiger partial charge on any atom is 0.182 e. The van der Waals surface area contributed by atoms with Gasteiger partial charge in [0.2, 0.25) is 0 Å². The molecule has 0 radical (unpaired) electrons. The summed E-state index contributed by atoms with van der Waals surface area (Å²) in [6, 6.07) is 13.8. The number of carbonyl (C=O) groups is 1. The summed E-state index contributed by atoms with van der Waals surface area (Å²) in [7, 11) is 1.65. The van der Waals surface area contributed by atoms with Gasteiger partial charge in [0.05, 0.1) is 13.7 Å². The number of carbonyl (C=O) groups excluding carboxylic acids is 1. The molecule has 0 bridgehead atoms. The highest BCUT2D eigenvalue weighted by molar-refractivity contribution is 5.97. The van der Waals surface area contributed by atoms with E-state index in [0.717, 1.165) is 27.8 Å². The molecule has 0 saturated heterocycles. The first-order valence-electron chi connectivity index (χ1n) is 7.32. The zero-order chi connectivity index (χ0) is 15.7. The summed E-state index contributed by atoms with van der Waals surface area (Å²) >= 11 is 0. The van der Waals surface area contributed by atoms with Crippen molar-refractivity contribution in [3.05, 3.63) is 65.4 Å². The van der Waals surface area contributed by atoms with Gasteiger partial charge in [0, 0.05) is 22.7 Å². The van der Waals surface area contributed by atoms with E-state index in [1.54, 1.807) is 7.11 Å². The molecular weight excluding hydrogens is 274 g/mol. The maximum atomic E-state index is 12.5. The second-order valence-corrected chi connectivity index (χ2v) is 5.59. The van der Waals surface area contributed by atoms with Crippen molar-refractivity contribution in [1.82, 2.24) is 4.57 Å². The normalized spacial score (nSPS) is 10.9. The number of nitrogens with zero attached hydrogens (tertiary/aromatic N) is 1. The highest BCUT2D eigenvalue weighted by Gasteiger charge is 2.10. The Hall–Kier alpha value is -2.55. The van der Waals surface area contributed by atoms with Gasteiger partial charge in [-0.1, -0.05) is 12.1 Å². The first kappa shape index (κ1) is 14.4. The number of Topliss-reactive ketones (excluding diaryl/α,β-unsaturated/α-hetero) is 1. The van der Waals surface area contributed by atoms with E-state index in [2.05, 4.69) is 6.92 Å². The van der Waals surface area contributed by atoms with Gasteiger partial charge < -0.3 is 9.30 Å². The fraction of sp³-hybridized carbons (Fsp3) is 0.211. The van der Waals surface area contributed by atoms with Gasteiger partial charge in [-0.15, -0.1) is 0 Å². The molecular formula is C19H19NO2. The Balaban J connectivity index is 1.89. The fourth-order valence-corrected chi connectivity index (χ4v) is 2.60. The molecule has 1 heterocycles. The molecule has 3 rings (SSSR count). The molecule has 0 aliphatic heterocycles. The van der Waals surface area contributed by atoms with Crippen LogP contribution in [0.15, 0.2) is 48.7 Å². The van der Waals surface area contributed by atoms with Crippen LogP contribution in [0.4, 0.5) is 0 Å². The van der Waals surface area contributed by atoms with Crippen molar-refractivity contribution in [2.24, 2.45) is 0 Å². The van der Waals surface area contributed by atoms with Crippen LogP contribution in [0.3, 0.4) is 0 Å². The third-order valence-corrected chi connectivity index (χ3v) is 4.12. The second kappa shape index (κ2) is 5.68. The molecule has 3 heteroatoms. The summed E-state index contributed by atoms with van der Waals surface area (Å²) in [5, 5.41) is 1.08. The molecule has 0 aliphatic rings. The lowest BCUT2D eigenvalue weighted by Crippen LogP contribution is -2.09. The van der Waals surface area contributed by atoms with Crippen molar-refractivity contribution in [3.63, 3.8) is 0 Å². The fourth-order valence-electron chi connectivity index (χ4n) is 2.60. The van der Waals surface area contributed by atoms with E-state index < -0.39 is 0 Å². The van der Waals surface area contributed by atoms with Gasteiger partial charge >= 0.3 is 0 Å². The molecule has 3 aromatic rings. The van der Waals surface area contributed by atoms with Crippen LogP contribution in [0.25, 0.3) is 10.9 Å². The van der Waals surface area contributed by atoms with Gasteiger partial charge in [-0.2, -0.15) is 0 Å². The smallest absolute Gasteiger partial charge is 0.182 e. The van der Waals surface area contributed by atoms with Crippen molar-refractivity contribution in [2.75, 3.05) is 7.11 Å². The largest absolute Gasteiger partial charge is 0.497 e. The SMILES string of the molecule is COc1ccc2c(ccn2CC(=O)c2ccc(C)c(C)c2)c1. The quantitative estimate of drug-likeness (QED) is 0.677. The molecule has 2 aromatic carbocycles. The van der Waals surface area contributed by atoms with Crippen LogP contribution < -0.4 is 4.74 Å². The van der Waals surface area contributed by atoms with Gasteiger partial charge in [0.15, 0.2) is 5.78 Å². The second-order valence-electron chi connectivity index (χ2n) is 5.59. The predicted octanol–water partition coefficient (Wildman–Crippen LogP) is 4.15. The highest BCUT2D eigenvalue weighted by atomic mass is 16.5. The van der Waals surface area contributed by atoms with Crippen LogP contribution in [0.1, 0.15) is 21.5 Å².